The lowest BCUT2D eigenvalue weighted by Gasteiger charge is -2.12. The van der Waals surface area contributed by atoms with Gasteiger partial charge in [0.05, 0.1) is 29.5 Å². The molecule has 0 saturated heterocycles. The molecule has 1 heterocycles. The van der Waals surface area contributed by atoms with Gasteiger partial charge in [0, 0.05) is 18.3 Å². The molecule has 0 bridgehead atoms. The predicted molar refractivity (Wildman–Crippen MR) is 115 cm³/mol. The molecule has 1 aromatic heterocycles. The third-order valence-corrected chi connectivity index (χ3v) is 4.83. The van der Waals surface area contributed by atoms with Crippen molar-refractivity contribution in [3.05, 3.63) is 75.1 Å². The van der Waals surface area contributed by atoms with Crippen molar-refractivity contribution in [1.82, 2.24) is 15.1 Å². The fraction of sp³-hybridized carbons (Fsp3) is 0.273. The molecule has 0 radical (unpaired) electrons. The Hall–Kier alpha value is -4.02. The van der Waals surface area contributed by atoms with Crippen molar-refractivity contribution in [3.8, 4) is 17.2 Å². The number of nitro benzene ring substituents is 1. The van der Waals surface area contributed by atoms with Crippen molar-refractivity contribution in [2.24, 2.45) is 0 Å². The van der Waals surface area contributed by atoms with Gasteiger partial charge in [0.15, 0.2) is 11.5 Å². The van der Waals surface area contributed by atoms with Crippen LogP contribution in [0.2, 0.25) is 0 Å². The zero-order valence-electron chi connectivity index (χ0n) is 18.2. The molecular formula is C22H22F2N4O5. The molecule has 174 valence electrons. The second-order valence-corrected chi connectivity index (χ2v) is 7.17. The van der Waals surface area contributed by atoms with Gasteiger partial charge in [0.25, 0.3) is 11.6 Å². The molecule has 9 nitrogen and oxygen atoms in total. The SMILES string of the molecule is COc1cc(C(=O)NCCc2ccc(-n3nc(C)cc3C)cc2)c([N+](=O)[O-])cc1OC(F)F. The molecule has 0 saturated carbocycles. The van der Waals surface area contributed by atoms with Gasteiger partial charge in [0.2, 0.25) is 0 Å². The maximum atomic E-state index is 12.6. The Morgan fingerprint density at radius 3 is 2.42 bits per heavy atom. The summed E-state index contributed by atoms with van der Waals surface area (Å²) in [6.45, 7) is 0.877. The highest BCUT2D eigenvalue weighted by Crippen LogP contribution is 2.35. The van der Waals surface area contributed by atoms with Crippen LogP contribution in [0.25, 0.3) is 5.69 Å². The van der Waals surface area contributed by atoms with E-state index in [0.717, 1.165) is 34.8 Å². The number of carbonyl (C=O) groups is 1. The minimum Gasteiger partial charge on any atom is -0.493 e. The zero-order chi connectivity index (χ0) is 24.1. The van der Waals surface area contributed by atoms with E-state index in [1.807, 2.05) is 48.9 Å². The summed E-state index contributed by atoms with van der Waals surface area (Å²) in [5.74, 6) is -1.48. The molecule has 3 aromatic rings. The zero-order valence-corrected chi connectivity index (χ0v) is 18.2. The van der Waals surface area contributed by atoms with Gasteiger partial charge in [-0.3, -0.25) is 14.9 Å². The van der Waals surface area contributed by atoms with Gasteiger partial charge >= 0.3 is 6.61 Å². The van der Waals surface area contributed by atoms with E-state index in [4.69, 9.17) is 4.74 Å². The maximum Gasteiger partial charge on any atom is 0.387 e. The number of hydrogen-bond acceptors (Lipinski definition) is 6. The summed E-state index contributed by atoms with van der Waals surface area (Å²) < 4.78 is 36.1. The van der Waals surface area contributed by atoms with Crippen molar-refractivity contribution >= 4 is 11.6 Å². The molecule has 3 rings (SSSR count). The summed E-state index contributed by atoms with van der Waals surface area (Å²) in [6, 6.07) is 11.4. The summed E-state index contributed by atoms with van der Waals surface area (Å²) >= 11 is 0. The highest BCUT2D eigenvalue weighted by Gasteiger charge is 2.25. The van der Waals surface area contributed by atoms with Gasteiger partial charge in [-0.15, -0.1) is 0 Å². The van der Waals surface area contributed by atoms with Crippen LogP contribution >= 0.6 is 0 Å². The fourth-order valence-corrected chi connectivity index (χ4v) is 3.34. The number of carbonyl (C=O) groups excluding carboxylic acids is 1. The monoisotopic (exact) mass is 460 g/mol. The second kappa shape index (κ2) is 10.1. The second-order valence-electron chi connectivity index (χ2n) is 7.17. The first-order chi connectivity index (χ1) is 15.7. The van der Waals surface area contributed by atoms with E-state index in [1.165, 1.54) is 7.11 Å². The number of methoxy groups -OCH3 is 1. The number of nitrogens with zero attached hydrogens (tertiary/aromatic N) is 3. The smallest absolute Gasteiger partial charge is 0.387 e. The average Bonchev–Trinajstić information content (AvgIpc) is 3.11. The molecule has 0 fully saturated rings. The highest BCUT2D eigenvalue weighted by molar-refractivity contribution is 5.99. The number of halogens is 2. The summed E-state index contributed by atoms with van der Waals surface area (Å²) in [5.41, 5.74) is 2.78. The summed E-state index contributed by atoms with van der Waals surface area (Å²) in [4.78, 5) is 23.1. The number of nitrogens with one attached hydrogen (secondary N) is 1. The van der Waals surface area contributed by atoms with E-state index < -0.39 is 28.9 Å². The van der Waals surface area contributed by atoms with Crippen molar-refractivity contribution in [3.63, 3.8) is 0 Å². The molecule has 2 aromatic carbocycles. The van der Waals surface area contributed by atoms with E-state index in [9.17, 15) is 23.7 Å². The summed E-state index contributed by atoms with van der Waals surface area (Å²) in [6.07, 6.45) is 0.473. The molecule has 0 aliphatic carbocycles. The topological polar surface area (TPSA) is 109 Å². The number of benzene rings is 2. The first-order valence-electron chi connectivity index (χ1n) is 9.91. The van der Waals surface area contributed by atoms with Crippen LogP contribution in [-0.2, 0) is 6.42 Å². The molecule has 0 aliphatic heterocycles. The number of alkyl halides is 2. The average molecular weight is 460 g/mol. The van der Waals surface area contributed by atoms with E-state index in [0.29, 0.717) is 6.42 Å². The van der Waals surface area contributed by atoms with Crippen LogP contribution in [0.5, 0.6) is 11.5 Å². The maximum absolute atomic E-state index is 12.6. The summed E-state index contributed by atoms with van der Waals surface area (Å²) in [5, 5.41) is 18.4. The van der Waals surface area contributed by atoms with Crippen LogP contribution in [0.4, 0.5) is 14.5 Å². The standard InChI is InChI=1S/C22H22F2N4O5/c1-13-10-14(2)27(26-13)16-6-4-15(5-7-16)8-9-25-21(29)17-11-19(32-3)20(33-22(23)24)12-18(17)28(30)31/h4-7,10-12,22H,8-9H2,1-3H3,(H,25,29). The number of rotatable bonds is 9. The number of aryl methyl sites for hydroxylation is 2. The van der Waals surface area contributed by atoms with Gasteiger partial charge in [-0.1, -0.05) is 12.1 Å². The number of aromatic nitrogens is 2. The third-order valence-electron chi connectivity index (χ3n) is 4.83. The molecule has 1 N–H and O–H groups in total. The molecule has 33 heavy (non-hydrogen) atoms. The van der Waals surface area contributed by atoms with E-state index in [1.54, 1.807) is 0 Å². The van der Waals surface area contributed by atoms with Gasteiger partial charge in [-0.05, 0) is 44.0 Å². The number of amides is 1. The lowest BCUT2D eigenvalue weighted by atomic mass is 10.1. The van der Waals surface area contributed by atoms with E-state index >= 15 is 0 Å². The molecule has 11 heteroatoms. The normalized spacial score (nSPS) is 10.8. The largest absolute Gasteiger partial charge is 0.493 e. The predicted octanol–water partition coefficient (Wildman–Crippen LogP) is 3.98. The van der Waals surface area contributed by atoms with Crippen molar-refractivity contribution in [2.75, 3.05) is 13.7 Å². The number of hydrogen-bond donors (Lipinski definition) is 1. The quantitative estimate of drug-likeness (QED) is 0.382. The molecule has 0 atom stereocenters. The van der Waals surface area contributed by atoms with Crippen LogP contribution in [0.3, 0.4) is 0 Å². The van der Waals surface area contributed by atoms with Gasteiger partial charge in [0.1, 0.15) is 5.56 Å². The Balaban J connectivity index is 1.69. The Bertz CT molecular complexity index is 1160. The van der Waals surface area contributed by atoms with Crippen LogP contribution < -0.4 is 14.8 Å². The minimum absolute atomic E-state index is 0.201. The van der Waals surface area contributed by atoms with Crippen molar-refractivity contribution < 1.29 is 28.0 Å². The molecular weight excluding hydrogens is 438 g/mol. The Morgan fingerprint density at radius 1 is 1.18 bits per heavy atom. The van der Waals surface area contributed by atoms with Crippen molar-refractivity contribution in [2.45, 2.75) is 26.9 Å². The number of nitro groups is 1. The number of ether oxygens (including phenoxy) is 2. The molecule has 0 unspecified atom stereocenters. The first kappa shape index (κ1) is 23.6. The molecule has 1 amide bonds. The van der Waals surface area contributed by atoms with Crippen LogP contribution in [0.15, 0.2) is 42.5 Å². The minimum atomic E-state index is -3.20. The van der Waals surface area contributed by atoms with Gasteiger partial charge in [-0.25, -0.2) is 4.68 Å². The van der Waals surface area contributed by atoms with Crippen LogP contribution in [0, 0.1) is 24.0 Å². The lowest BCUT2D eigenvalue weighted by Crippen LogP contribution is -2.26. The van der Waals surface area contributed by atoms with Gasteiger partial charge < -0.3 is 14.8 Å². The Kier molecular flexibility index (Phi) is 7.21. The third kappa shape index (κ3) is 5.62. The van der Waals surface area contributed by atoms with E-state index in [-0.39, 0.29) is 17.9 Å². The lowest BCUT2D eigenvalue weighted by molar-refractivity contribution is -0.385. The Morgan fingerprint density at radius 2 is 1.88 bits per heavy atom. The summed E-state index contributed by atoms with van der Waals surface area (Å²) in [7, 11) is 1.18. The highest BCUT2D eigenvalue weighted by atomic mass is 19.3. The molecule has 0 aliphatic rings. The van der Waals surface area contributed by atoms with Crippen molar-refractivity contribution in [1.29, 1.82) is 0 Å². The van der Waals surface area contributed by atoms with E-state index in [2.05, 4.69) is 15.2 Å². The molecule has 0 spiro atoms. The van der Waals surface area contributed by atoms with Gasteiger partial charge in [-0.2, -0.15) is 13.9 Å². The first-order valence-corrected chi connectivity index (χ1v) is 9.91. The van der Waals surface area contributed by atoms with Crippen LogP contribution in [0.1, 0.15) is 27.3 Å². The Labute approximate surface area is 188 Å². The van der Waals surface area contributed by atoms with Crippen LogP contribution in [-0.4, -0.2) is 40.9 Å². The fourth-order valence-electron chi connectivity index (χ4n) is 3.34.